The van der Waals surface area contributed by atoms with Crippen LogP contribution in [0.3, 0.4) is 0 Å². The van der Waals surface area contributed by atoms with E-state index in [-0.39, 0.29) is 12.0 Å². The SMILES string of the molecule is Cc1cccc(C)c1N1CCC(C(=O)O)C1C. The lowest BCUT2D eigenvalue weighted by atomic mass is 10.0. The van der Waals surface area contributed by atoms with E-state index < -0.39 is 5.97 Å². The van der Waals surface area contributed by atoms with E-state index in [9.17, 15) is 4.79 Å². The van der Waals surface area contributed by atoms with Gasteiger partial charge in [0.25, 0.3) is 0 Å². The van der Waals surface area contributed by atoms with Crippen molar-refractivity contribution in [1.82, 2.24) is 0 Å². The molecular weight excluding hydrogens is 214 g/mol. The second-order valence-electron chi connectivity index (χ2n) is 4.91. The molecule has 0 radical (unpaired) electrons. The van der Waals surface area contributed by atoms with Crippen LogP contribution in [-0.4, -0.2) is 23.7 Å². The molecule has 92 valence electrons. The van der Waals surface area contributed by atoms with Gasteiger partial charge in [-0.05, 0) is 38.3 Å². The molecule has 1 aromatic rings. The predicted octanol–water partition coefficient (Wildman–Crippen LogP) is 2.60. The molecule has 0 aromatic heterocycles. The number of para-hydroxylation sites is 1. The van der Waals surface area contributed by atoms with Crippen molar-refractivity contribution >= 4 is 11.7 Å². The molecule has 0 aliphatic carbocycles. The van der Waals surface area contributed by atoms with E-state index in [0.29, 0.717) is 0 Å². The average Bonchev–Trinajstić information content (AvgIpc) is 2.61. The Morgan fingerprint density at radius 3 is 2.41 bits per heavy atom. The van der Waals surface area contributed by atoms with Crippen LogP contribution in [0.5, 0.6) is 0 Å². The number of carbonyl (C=O) groups is 1. The summed E-state index contributed by atoms with van der Waals surface area (Å²) in [6.07, 6.45) is 0.740. The number of hydrogen-bond acceptors (Lipinski definition) is 2. The van der Waals surface area contributed by atoms with Crippen molar-refractivity contribution in [3.05, 3.63) is 29.3 Å². The van der Waals surface area contributed by atoms with Gasteiger partial charge < -0.3 is 10.0 Å². The zero-order valence-electron chi connectivity index (χ0n) is 10.6. The number of carboxylic acid groups (broad SMARTS) is 1. The normalized spacial score (nSPS) is 24.1. The minimum atomic E-state index is -0.675. The van der Waals surface area contributed by atoms with Crippen LogP contribution in [-0.2, 0) is 4.79 Å². The van der Waals surface area contributed by atoms with E-state index in [0.717, 1.165) is 13.0 Å². The predicted molar refractivity (Wildman–Crippen MR) is 68.5 cm³/mol. The molecule has 1 saturated heterocycles. The second-order valence-corrected chi connectivity index (χ2v) is 4.91. The van der Waals surface area contributed by atoms with Gasteiger partial charge >= 0.3 is 5.97 Å². The fourth-order valence-corrected chi connectivity index (χ4v) is 2.84. The zero-order valence-corrected chi connectivity index (χ0v) is 10.6. The Labute approximate surface area is 102 Å². The van der Waals surface area contributed by atoms with Gasteiger partial charge in [0.05, 0.1) is 5.92 Å². The molecule has 2 rings (SSSR count). The summed E-state index contributed by atoms with van der Waals surface area (Å²) in [5.74, 6) is -0.916. The van der Waals surface area contributed by atoms with Gasteiger partial charge in [-0.3, -0.25) is 4.79 Å². The van der Waals surface area contributed by atoms with E-state index in [1.807, 2.05) is 13.0 Å². The topological polar surface area (TPSA) is 40.5 Å². The van der Waals surface area contributed by atoms with Crippen LogP contribution in [0.1, 0.15) is 24.5 Å². The third-order valence-corrected chi connectivity index (χ3v) is 3.80. The van der Waals surface area contributed by atoms with E-state index in [4.69, 9.17) is 5.11 Å². The van der Waals surface area contributed by atoms with Crippen LogP contribution in [0.4, 0.5) is 5.69 Å². The largest absolute Gasteiger partial charge is 0.481 e. The van der Waals surface area contributed by atoms with E-state index in [1.54, 1.807) is 0 Å². The Hall–Kier alpha value is -1.51. The maximum Gasteiger partial charge on any atom is 0.308 e. The number of aryl methyl sites for hydroxylation is 2. The summed E-state index contributed by atoms with van der Waals surface area (Å²) in [5.41, 5.74) is 3.66. The molecule has 1 N–H and O–H groups in total. The van der Waals surface area contributed by atoms with Gasteiger partial charge in [0.1, 0.15) is 0 Å². The van der Waals surface area contributed by atoms with Gasteiger partial charge in [-0.15, -0.1) is 0 Å². The molecule has 1 heterocycles. The summed E-state index contributed by atoms with van der Waals surface area (Å²) in [6.45, 7) is 7.02. The molecule has 3 nitrogen and oxygen atoms in total. The lowest BCUT2D eigenvalue weighted by Gasteiger charge is -2.28. The molecule has 0 saturated carbocycles. The highest BCUT2D eigenvalue weighted by Gasteiger charge is 2.36. The van der Waals surface area contributed by atoms with Crippen molar-refractivity contribution in [2.75, 3.05) is 11.4 Å². The summed E-state index contributed by atoms with van der Waals surface area (Å²) in [7, 11) is 0. The first-order valence-electron chi connectivity index (χ1n) is 6.08. The van der Waals surface area contributed by atoms with E-state index in [2.05, 4.69) is 30.9 Å². The maximum absolute atomic E-state index is 11.1. The Balaban J connectivity index is 2.33. The summed E-state index contributed by atoms with van der Waals surface area (Å²) in [4.78, 5) is 13.4. The molecule has 2 atom stereocenters. The lowest BCUT2D eigenvalue weighted by Crippen LogP contribution is -2.33. The van der Waals surface area contributed by atoms with Gasteiger partial charge in [0, 0.05) is 18.3 Å². The van der Waals surface area contributed by atoms with Crippen LogP contribution in [0, 0.1) is 19.8 Å². The smallest absolute Gasteiger partial charge is 0.308 e. The Morgan fingerprint density at radius 2 is 1.94 bits per heavy atom. The van der Waals surface area contributed by atoms with Crippen molar-refractivity contribution in [2.24, 2.45) is 5.92 Å². The number of carboxylic acids is 1. The fraction of sp³-hybridized carbons (Fsp3) is 0.500. The first kappa shape index (κ1) is 12.0. The Morgan fingerprint density at radius 1 is 1.35 bits per heavy atom. The van der Waals surface area contributed by atoms with Crippen molar-refractivity contribution < 1.29 is 9.90 Å². The average molecular weight is 233 g/mol. The van der Waals surface area contributed by atoms with Gasteiger partial charge in [-0.25, -0.2) is 0 Å². The number of aliphatic carboxylic acids is 1. The molecule has 1 aliphatic heterocycles. The number of anilines is 1. The highest BCUT2D eigenvalue weighted by molar-refractivity contribution is 5.73. The number of rotatable bonds is 2. The Kier molecular flexibility index (Phi) is 3.09. The van der Waals surface area contributed by atoms with E-state index >= 15 is 0 Å². The first-order chi connectivity index (χ1) is 8.02. The van der Waals surface area contributed by atoms with Gasteiger partial charge in [0.2, 0.25) is 0 Å². The monoisotopic (exact) mass is 233 g/mol. The van der Waals surface area contributed by atoms with Crippen LogP contribution < -0.4 is 4.90 Å². The van der Waals surface area contributed by atoms with Crippen molar-refractivity contribution in [3.8, 4) is 0 Å². The molecule has 1 aliphatic rings. The van der Waals surface area contributed by atoms with Gasteiger partial charge in [0.15, 0.2) is 0 Å². The molecule has 1 fully saturated rings. The number of benzene rings is 1. The molecule has 3 heteroatoms. The maximum atomic E-state index is 11.1. The third-order valence-electron chi connectivity index (χ3n) is 3.80. The van der Waals surface area contributed by atoms with Crippen LogP contribution in [0.25, 0.3) is 0 Å². The summed E-state index contributed by atoms with van der Waals surface area (Å²) >= 11 is 0. The molecular formula is C14H19NO2. The third kappa shape index (κ3) is 2.02. The molecule has 1 aromatic carbocycles. The van der Waals surface area contributed by atoms with Crippen LogP contribution in [0.2, 0.25) is 0 Å². The molecule has 0 bridgehead atoms. The fourth-order valence-electron chi connectivity index (χ4n) is 2.84. The zero-order chi connectivity index (χ0) is 12.6. The molecule has 0 spiro atoms. The van der Waals surface area contributed by atoms with Crippen LogP contribution in [0.15, 0.2) is 18.2 Å². The summed E-state index contributed by atoms with van der Waals surface area (Å²) < 4.78 is 0. The summed E-state index contributed by atoms with van der Waals surface area (Å²) in [6, 6.07) is 6.29. The first-order valence-corrected chi connectivity index (χ1v) is 6.08. The van der Waals surface area contributed by atoms with Crippen LogP contribution >= 0.6 is 0 Å². The number of nitrogens with zero attached hydrogens (tertiary/aromatic N) is 1. The van der Waals surface area contributed by atoms with Crippen molar-refractivity contribution in [1.29, 1.82) is 0 Å². The summed E-state index contributed by atoms with van der Waals surface area (Å²) in [5, 5.41) is 9.16. The Bertz CT molecular complexity index is 422. The second kappa shape index (κ2) is 4.40. The van der Waals surface area contributed by atoms with E-state index in [1.165, 1.54) is 16.8 Å². The lowest BCUT2D eigenvalue weighted by molar-refractivity contribution is -0.141. The minimum Gasteiger partial charge on any atom is -0.481 e. The van der Waals surface area contributed by atoms with Gasteiger partial charge in [-0.2, -0.15) is 0 Å². The minimum absolute atomic E-state index is 0.0762. The molecule has 17 heavy (non-hydrogen) atoms. The van der Waals surface area contributed by atoms with Gasteiger partial charge in [-0.1, -0.05) is 18.2 Å². The molecule has 2 unspecified atom stereocenters. The van der Waals surface area contributed by atoms with Crippen molar-refractivity contribution in [2.45, 2.75) is 33.2 Å². The van der Waals surface area contributed by atoms with Crippen molar-refractivity contribution in [3.63, 3.8) is 0 Å². The number of hydrogen-bond donors (Lipinski definition) is 1. The molecule has 0 amide bonds. The highest BCUT2D eigenvalue weighted by Crippen LogP contribution is 2.34. The highest BCUT2D eigenvalue weighted by atomic mass is 16.4. The quantitative estimate of drug-likeness (QED) is 0.853. The standard InChI is InChI=1S/C14H19NO2/c1-9-5-4-6-10(2)13(9)15-8-7-12(11(15)3)14(16)17/h4-6,11-12H,7-8H2,1-3H3,(H,16,17).